The molecule has 72 valence electrons. The fourth-order valence-corrected chi connectivity index (χ4v) is 1.29. The van der Waals surface area contributed by atoms with Gasteiger partial charge in [0, 0.05) is 5.56 Å². The molecule has 0 aromatic heterocycles. The molecule has 1 heterocycles. The van der Waals surface area contributed by atoms with Crippen molar-refractivity contribution in [1.82, 2.24) is 0 Å². The van der Waals surface area contributed by atoms with Gasteiger partial charge in [0.2, 0.25) is 5.90 Å². The number of ether oxygens (including phenoxy) is 1. The number of aliphatic imine (C=N–C) groups is 1. The third kappa shape index (κ3) is 1.82. The van der Waals surface area contributed by atoms with E-state index < -0.39 is 0 Å². The van der Waals surface area contributed by atoms with Gasteiger partial charge in [-0.3, -0.25) is 9.79 Å². The Kier molecular flexibility index (Phi) is 2.31. The van der Waals surface area contributed by atoms with E-state index in [4.69, 9.17) is 4.74 Å². The van der Waals surface area contributed by atoms with Crippen LogP contribution in [0, 0.1) is 6.92 Å². The van der Waals surface area contributed by atoms with Gasteiger partial charge in [0.15, 0.2) is 0 Å². The molecule has 0 atom stereocenters. The average molecular weight is 189 g/mol. The SMILES string of the molecule is Cc1ccc(C2=NCCC(=O)O2)cc1. The van der Waals surface area contributed by atoms with E-state index in [1.54, 1.807) is 0 Å². The van der Waals surface area contributed by atoms with Crippen LogP contribution in [0.25, 0.3) is 0 Å². The highest BCUT2D eigenvalue weighted by Crippen LogP contribution is 2.09. The number of esters is 1. The number of cyclic esters (lactones) is 1. The minimum atomic E-state index is -0.199. The van der Waals surface area contributed by atoms with Gasteiger partial charge in [0.25, 0.3) is 0 Å². The Bertz CT molecular complexity index is 379. The standard InChI is InChI=1S/C11H11NO2/c1-8-2-4-9(5-3-8)11-12-7-6-10(13)14-11/h2-5H,6-7H2,1H3. The molecule has 1 aliphatic rings. The smallest absolute Gasteiger partial charge is 0.314 e. The van der Waals surface area contributed by atoms with Gasteiger partial charge < -0.3 is 4.74 Å². The van der Waals surface area contributed by atoms with Crippen LogP contribution in [0.1, 0.15) is 17.5 Å². The zero-order valence-electron chi connectivity index (χ0n) is 7.99. The van der Waals surface area contributed by atoms with Crippen LogP contribution < -0.4 is 0 Å². The Hall–Kier alpha value is -1.64. The Balaban J connectivity index is 2.26. The first-order valence-corrected chi connectivity index (χ1v) is 4.58. The molecule has 0 radical (unpaired) electrons. The number of aryl methyl sites for hydroxylation is 1. The summed E-state index contributed by atoms with van der Waals surface area (Å²) in [6.45, 7) is 2.54. The van der Waals surface area contributed by atoms with Crippen LogP contribution in [-0.4, -0.2) is 18.4 Å². The van der Waals surface area contributed by atoms with E-state index in [2.05, 4.69) is 4.99 Å². The summed E-state index contributed by atoms with van der Waals surface area (Å²) in [5, 5.41) is 0. The predicted molar refractivity (Wildman–Crippen MR) is 53.3 cm³/mol. The molecule has 0 bridgehead atoms. The zero-order chi connectivity index (χ0) is 9.97. The van der Waals surface area contributed by atoms with Crippen molar-refractivity contribution in [1.29, 1.82) is 0 Å². The normalized spacial score (nSPS) is 16.1. The molecule has 0 N–H and O–H groups in total. The van der Waals surface area contributed by atoms with Gasteiger partial charge in [-0.2, -0.15) is 0 Å². The van der Waals surface area contributed by atoms with Gasteiger partial charge in [-0.25, -0.2) is 0 Å². The fraction of sp³-hybridized carbons (Fsp3) is 0.273. The number of hydrogen-bond donors (Lipinski definition) is 0. The van der Waals surface area contributed by atoms with Gasteiger partial charge >= 0.3 is 5.97 Å². The van der Waals surface area contributed by atoms with Gasteiger partial charge in [-0.15, -0.1) is 0 Å². The second-order valence-corrected chi connectivity index (χ2v) is 3.28. The van der Waals surface area contributed by atoms with E-state index in [0.717, 1.165) is 5.56 Å². The predicted octanol–water partition coefficient (Wildman–Crippen LogP) is 1.69. The number of carbonyl (C=O) groups excluding carboxylic acids is 1. The minimum Gasteiger partial charge on any atom is -0.407 e. The summed E-state index contributed by atoms with van der Waals surface area (Å²) < 4.78 is 5.02. The van der Waals surface area contributed by atoms with Crippen molar-refractivity contribution >= 4 is 11.9 Å². The van der Waals surface area contributed by atoms with Gasteiger partial charge in [-0.05, 0) is 19.1 Å². The van der Waals surface area contributed by atoms with Crippen molar-refractivity contribution in [2.75, 3.05) is 6.54 Å². The van der Waals surface area contributed by atoms with E-state index in [1.807, 2.05) is 31.2 Å². The van der Waals surface area contributed by atoms with E-state index in [-0.39, 0.29) is 5.97 Å². The largest absolute Gasteiger partial charge is 0.407 e. The van der Waals surface area contributed by atoms with Crippen LogP contribution in [0.5, 0.6) is 0 Å². The monoisotopic (exact) mass is 189 g/mol. The van der Waals surface area contributed by atoms with Crippen LogP contribution in [0.4, 0.5) is 0 Å². The molecule has 0 unspecified atom stereocenters. The van der Waals surface area contributed by atoms with E-state index >= 15 is 0 Å². The summed E-state index contributed by atoms with van der Waals surface area (Å²) in [5.41, 5.74) is 2.04. The molecule has 14 heavy (non-hydrogen) atoms. The van der Waals surface area contributed by atoms with Crippen molar-refractivity contribution in [3.05, 3.63) is 35.4 Å². The van der Waals surface area contributed by atoms with Crippen molar-refractivity contribution in [2.24, 2.45) is 4.99 Å². The van der Waals surface area contributed by atoms with Gasteiger partial charge in [-0.1, -0.05) is 17.7 Å². The first-order valence-electron chi connectivity index (χ1n) is 4.58. The molecule has 0 saturated heterocycles. The van der Waals surface area contributed by atoms with Crippen LogP contribution in [0.3, 0.4) is 0 Å². The molecule has 3 heteroatoms. The summed E-state index contributed by atoms with van der Waals surface area (Å²) in [6, 6.07) is 7.76. The molecule has 1 aromatic carbocycles. The van der Waals surface area contributed by atoms with Crippen LogP contribution in [-0.2, 0) is 9.53 Å². The maximum Gasteiger partial charge on any atom is 0.314 e. The lowest BCUT2D eigenvalue weighted by molar-refractivity contribution is -0.135. The third-order valence-electron chi connectivity index (χ3n) is 2.08. The summed E-state index contributed by atoms with van der Waals surface area (Å²) in [5.74, 6) is 0.247. The summed E-state index contributed by atoms with van der Waals surface area (Å²) >= 11 is 0. The molecular weight excluding hydrogens is 178 g/mol. The molecule has 0 amide bonds. The number of benzene rings is 1. The first kappa shape index (κ1) is 8.94. The van der Waals surface area contributed by atoms with Gasteiger partial charge in [0.1, 0.15) is 0 Å². The van der Waals surface area contributed by atoms with Crippen molar-refractivity contribution < 1.29 is 9.53 Å². The van der Waals surface area contributed by atoms with E-state index in [1.165, 1.54) is 5.56 Å². The van der Waals surface area contributed by atoms with Gasteiger partial charge in [0.05, 0.1) is 13.0 Å². The molecule has 1 aromatic rings. The van der Waals surface area contributed by atoms with Crippen molar-refractivity contribution in [2.45, 2.75) is 13.3 Å². The highest BCUT2D eigenvalue weighted by molar-refractivity contribution is 6.01. The molecule has 0 spiro atoms. The molecule has 0 fully saturated rings. The Morgan fingerprint density at radius 3 is 2.64 bits per heavy atom. The summed E-state index contributed by atoms with van der Waals surface area (Å²) in [6.07, 6.45) is 0.384. The third-order valence-corrected chi connectivity index (χ3v) is 2.08. The quantitative estimate of drug-likeness (QED) is 0.630. The first-order chi connectivity index (χ1) is 6.75. The lowest BCUT2D eigenvalue weighted by Gasteiger charge is -2.11. The Morgan fingerprint density at radius 2 is 2.00 bits per heavy atom. The minimum absolute atomic E-state index is 0.199. The molecule has 2 rings (SSSR count). The van der Waals surface area contributed by atoms with E-state index in [0.29, 0.717) is 18.9 Å². The zero-order valence-corrected chi connectivity index (χ0v) is 7.99. The number of nitrogens with zero attached hydrogens (tertiary/aromatic N) is 1. The fourth-order valence-electron chi connectivity index (χ4n) is 1.29. The highest BCUT2D eigenvalue weighted by atomic mass is 16.5. The maximum absolute atomic E-state index is 11.0. The molecule has 3 nitrogen and oxygen atoms in total. The van der Waals surface area contributed by atoms with Crippen LogP contribution >= 0.6 is 0 Å². The summed E-state index contributed by atoms with van der Waals surface area (Å²) in [7, 11) is 0. The summed E-state index contributed by atoms with van der Waals surface area (Å²) in [4.78, 5) is 15.2. The second-order valence-electron chi connectivity index (χ2n) is 3.28. The molecular formula is C11H11NO2. The lowest BCUT2D eigenvalue weighted by Crippen LogP contribution is -2.19. The Morgan fingerprint density at radius 1 is 1.29 bits per heavy atom. The molecule has 0 saturated carbocycles. The van der Waals surface area contributed by atoms with Crippen LogP contribution in [0.2, 0.25) is 0 Å². The Labute approximate surface area is 82.4 Å². The highest BCUT2D eigenvalue weighted by Gasteiger charge is 2.15. The second kappa shape index (κ2) is 3.62. The van der Waals surface area contributed by atoms with Crippen LogP contribution in [0.15, 0.2) is 29.3 Å². The molecule has 0 aliphatic carbocycles. The number of rotatable bonds is 1. The number of carbonyl (C=O) groups is 1. The maximum atomic E-state index is 11.0. The number of hydrogen-bond acceptors (Lipinski definition) is 3. The van der Waals surface area contributed by atoms with E-state index in [9.17, 15) is 4.79 Å². The average Bonchev–Trinajstić information content (AvgIpc) is 2.19. The van der Waals surface area contributed by atoms with Crippen molar-refractivity contribution in [3.8, 4) is 0 Å². The topological polar surface area (TPSA) is 38.7 Å². The lowest BCUT2D eigenvalue weighted by atomic mass is 10.1. The van der Waals surface area contributed by atoms with Crippen molar-refractivity contribution in [3.63, 3.8) is 0 Å². The molecule has 1 aliphatic heterocycles.